The van der Waals surface area contributed by atoms with E-state index >= 15 is 0 Å². The molecule has 1 heterocycles. The van der Waals surface area contributed by atoms with Gasteiger partial charge in [0.25, 0.3) is 0 Å². The standard InChI is InChI=1S/C12H20N2O2/c1-9-12(16)13-6-8-14(9)7-5-10-3-2-4-11(10)15/h9-10H,2-8H2,1H3,(H,13,16). The van der Waals surface area contributed by atoms with E-state index in [1.807, 2.05) is 6.92 Å². The van der Waals surface area contributed by atoms with Crippen molar-refractivity contribution in [2.75, 3.05) is 19.6 Å². The molecule has 2 aliphatic rings. The van der Waals surface area contributed by atoms with Crippen LogP contribution in [0.25, 0.3) is 0 Å². The van der Waals surface area contributed by atoms with Crippen LogP contribution in [0.2, 0.25) is 0 Å². The van der Waals surface area contributed by atoms with E-state index in [9.17, 15) is 9.59 Å². The molecular weight excluding hydrogens is 204 g/mol. The van der Waals surface area contributed by atoms with E-state index in [0.29, 0.717) is 5.78 Å². The second kappa shape index (κ2) is 4.95. The Balaban J connectivity index is 1.80. The fourth-order valence-corrected chi connectivity index (χ4v) is 2.65. The minimum absolute atomic E-state index is 0.0368. The Bertz CT molecular complexity index is 291. The number of rotatable bonds is 3. The predicted molar refractivity (Wildman–Crippen MR) is 61.0 cm³/mol. The van der Waals surface area contributed by atoms with Gasteiger partial charge in [0.05, 0.1) is 6.04 Å². The fraction of sp³-hybridized carbons (Fsp3) is 0.833. The minimum atomic E-state index is -0.0368. The van der Waals surface area contributed by atoms with Crippen LogP contribution in [0.15, 0.2) is 0 Å². The van der Waals surface area contributed by atoms with Gasteiger partial charge >= 0.3 is 0 Å². The van der Waals surface area contributed by atoms with Gasteiger partial charge in [-0.3, -0.25) is 14.5 Å². The van der Waals surface area contributed by atoms with Gasteiger partial charge in [0.2, 0.25) is 5.91 Å². The van der Waals surface area contributed by atoms with Crippen molar-refractivity contribution in [1.82, 2.24) is 10.2 Å². The van der Waals surface area contributed by atoms with Crippen molar-refractivity contribution in [3.8, 4) is 0 Å². The fourth-order valence-electron chi connectivity index (χ4n) is 2.65. The molecule has 1 amide bonds. The molecule has 4 heteroatoms. The average Bonchev–Trinajstić information content (AvgIpc) is 2.67. The number of nitrogens with zero attached hydrogens (tertiary/aromatic N) is 1. The predicted octanol–water partition coefficient (Wildman–Crippen LogP) is 0.566. The molecular formula is C12H20N2O2. The number of ketones is 1. The molecule has 0 aromatic carbocycles. The Kier molecular flexibility index (Phi) is 3.59. The Labute approximate surface area is 96.4 Å². The van der Waals surface area contributed by atoms with E-state index in [1.165, 1.54) is 0 Å². The molecule has 0 bridgehead atoms. The van der Waals surface area contributed by atoms with E-state index in [4.69, 9.17) is 0 Å². The second-order valence-electron chi connectivity index (χ2n) is 4.85. The number of carbonyl (C=O) groups is 2. The number of hydrogen-bond donors (Lipinski definition) is 1. The monoisotopic (exact) mass is 224 g/mol. The Morgan fingerprint density at radius 1 is 1.44 bits per heavy atom. The molecule has 2 fully saturated rings. The highest BCUT2D eigenvalue weighted by Crippen LogP contribution is 2.24. The Morgan fingerprint density at radius 2 is 2.25 bits per heavy atom. The molecule has 4 nitrogen and oxygen atoms in total. The maximum atomic E-state index is 11.5. The van der Waals surface area contributed by atoms with Crippen molar-refractivity contribution in [1.29, 1.82) is 0 Å². The summed E-state index contributed by atoms with van der Waals surface area (Å²) in [5.74, 6) is 0.801. The van der Waals surface area contributed by atoms with Crippen LogP contribution in [0.3, 0.4) is 0 Å². The van der Waals surface area contributed by atoms with Gasteiger partial charge in [0, 0.05) is 25.4 Å². The van der Waals surface area contributed by atoms with Gasteiger partial charge in [0.1, 0.15) is 5.78 Å². The number of nitrogens with one attached hydrogen (secondary N) is 1. The molecule has 1 N–H and O–H groups in total. The first-order chi connectivity index (χ1) is 7.68. The SMILES string of the molecule is CC1C(=O)NCCN1CCC1CCCC1=O. The molecule has 2 unspecified atom stereocenters. The largest absolute Gasteiger partial charge is 0.353 e. The molecule has 0 aromatic rings. The quantitative estimate of drug-likeness (QED) is 0.762. The Hall–Kier alpha value is -0.900. The first-order valence-electron chi connectivity index (χ1n) is 6.23. The molecule has 1 aliphatic carbocycles. The van der Waals surface area contributed by atoms with Crippen LogP contribution < -0.4 is 5.32 Å². The zero-order chi connectivity index (χ0) is 11.5. The van der Waals surface area contributed by atoms with Crippen LogP contribution in [0.1, 0.15) is 32.6 Å². The highest BCUT2D eigenvalue weighted by molar-refractivity contribution is 5.83. The van der Waals surface area contributed by atoms with Gasteiger partial charge in [-0.2, -0.15) is 0 Å². The third kappa shape index (κ3) is 2.43. The minimum Gasteiger partial charge on any atom is -0.353 e. The zero-order valence-electron chi connectivity index (χ0n) is 9.87. The molecule has 1 aliphatic heterocycles. The summed E-state index contributed by atoms with van der Waals surface area (Å²) in [6.07, 6.45) is 3.80. The van der Waals surface area contributed by atoms with Crippen LogP contribution in [-0.2, 0) is 9.59 Å². The summed E-state index contributed by atoms with van der Waals surface area (Å²) < 4.78 is 0. The summed E-state index contributed by atoms with van der Waals surface area (Å²) in [6.45, 7) is 4.46. The van der Waals surface area contributed by atoms with Crippen molar-refractivity contribution >= 4 is 11.7 Å². The van der Waals surface area contributed by atoms with Gasteiger partial charge in [-0.25, -0.2) is 0 Å². The van der Waals surface area contributed by atoms with Crippen molar-refractivity contribution in [3.05, 3.63) is 0 Å². The number of hydrogen-bond acceptors (Lipinski definition) is 3. The molecule has 0 radical (unpaired) electrons. The first kappa shape index (κ1) is 11.6. The maximum Gasteiger partial charge on any atom is 0.237 e. The van der Waals surface area contributed by atoms with E-state index < -0.39 is 0 Å². The molecule has 1 saturated heterocycles. The Morgan fingerprint density at radius 3 is 2.94 bits per heavy atom. The van der Waals surface area contributed by atoms with Crippen molar-refractivity contribution in [2.45, 2.75) is 38.6 Å². The van der Waals surface area contributed by atoms with Gasteiger partial charge < -0.3 is 5.32 Å². The molecule has 0 spiro atoms. The topological polar surface area (TPSA) is 49.4 Å². The highest BCUT2D eigenvalue weighted by atomic mass is 16.2. The maximum absolute atomic E-state index is 11.5. The molecule has 1 saturated carbocycles. The van der Waals surface area contributed by atoms with Crippen molar-refractivity contribution in [2.24, 2.45) is 5.92 Å². The lowest BCUT2D eigenvalue weighted by Gasteiger charge is -2.33. The van der Waals surface area contributed by atoms with Crippen LogP contribution >= 0.6 is 0 Å². The summed E-state index contributed by atoms with van der Waals surface area (Å²) in [5, 5.41) is 2.85. The molecule has 90 valence electrons. The summed E-state index contributed by atoms with van der Waals surface area (Å²) >= 11 is 0. The molecule has 2 atom stereocenters. The van der Waals surface area contributed by atoms with Gasteiger partial charge in [0.15, 0.2) is 0 Å². The number of amides is 1. The molecule has 2 rings (SSSR count). The summed E-state index contributed by atoms with van der Waals surface area (Å²) in [5.41, 5.74) is 0. The third-order valence-electron chi connectivity index (χ3n) is 3.82. The summed E-state index contributed by atoms with van der Waals surface area (Å²) in [4.78, 5) is 25.1. The lowest BCUT2D eigenvalue weighted by molar-refractivity contribution is -0.128. The van der Waals surface area contributed by atoms with Crippen molar-refractivity contribution in [3.63, 3.8) is 0 Å². The van der Waals surface area contributed by atoms with E-state index in [2.05, 4.69) is 10.2 Å². The second-order valence-corrected chi connectivity index (χ2v) is 4.85. The smallest absolute Gasteiger partial charge is 0.237 e. The molecule has 0 aromatic heterocycles. The van der Waals surface area contributed by atoms with Crippen LogP contribution in [0.5, 0.6) is 0 Å². The van der Waals surface area contributed by atoms with Crippen molar-refractivity contribution < 1.29 is 9.59 Å². The van der Waals surface area contributed by atoms with E-state index in [1.54, 1.807) is 0 Å². The van der Waals surface area contributed by atoms with Crippen LogP contribution in [-0.4, -0.2) is 42.3 Å². The average molecular weight is 224 g/mol. The summed E-state index contributed by atoms with van der Waals surface area (Å²) in [6, 6.07) is -0.0368. The first-order valence-corrected chi connectivity index (χ1v) is 6.23. The van der Waals surface area contributed by atoms with Gasteiger partial charge in [-0.1, -0.05) is 0 Å². The lowest BCUT2D eigenvalue weighted by atomic mass is 10.0. The third-order valence-corrected chi connectivity index (χ3v) is 3.82. The van der Waals surface area contributed by atoms with Gasteiger partial charge in [-0.15, -0.1) is 0 Å². The highest BCUT2D eigenvalue weighted by Gasteiger charge is 2.28. The van der Waals surface area contributed by atoms with E-state index in [0.717, 1.165) is 45.3 Å². The number of carbonyl (C=O) groups excluding carboxylic acids is 2. The molecule has 16 heavy (non-hydrogen) atoms. The van der Waals surface area contributed by atoms with Crippen LogP contribution in [0, 0.1) is 5.92 Å². The van der Waals surface area contributed by atoms with E-state index in [-0.39, 0.29) is 17.9 Å². The normalized spacial score (nSPS) is 31.8. The number of Topliss-reactive ketones (excluding diaryl/α,β-unsaturated/α-hetero) is 1. The zero-order valence-corrected chi connectivity index (χ0v) is 9.87. The van der Waals surface area contributed by atoms with Gasteiger partial charge in [-0.05, 0) is 32.7 Å². The summed E-state index contributed by atoms with van der Waals surface area (Å²) in [7, 11) is 0. The van der Waals surface area contributed by atoms with Crippen LogP contribution in [0.4, 0.5) is 0 Å². The number of piperazine rings is 1. The lowest BCUT2D eigenvalue weighted by Crippen LogP contribution is -2.54.